The van der Waals surface area contributed by atoms with E-state index in [2.05, 4.69) is 6.07 Å². The van der Waals surface area contributed by atoms with Crippen LogP contribution >= 0.6 is 0 Å². The number of aldehydes is 1. The molecule has 0 aromatic heterocycles. The lowest BCUT2D eigenvalue weighted by Crippen LogP contribution is -2.30. The first-order valence-corrected chi connectivity index (χ1v) is 5.99. The highest BCUT2D eigenvalue weighted by Gasteiger charge is 2.35. The molecule has 1 atom stereocenters. The summed E-state index contributed by atoms with van der Waals surface area (Å²) < 4.78 is 0. The Morgan fingerprint density at radius 3 is 2.35 bits per heavy atom. The first-order valence-electron chi connectivity index (χ1n) is 5.99. The number of rotatable bonds is 5. The van der Waals surface area contributed by atoms with E-state index in [4.69, 9.17) is 0 Å². The van der Waals surface area contributed by atoms with Crippen molar-refractivity contribution in [3.8, 4) is 6.07 Å². The minimum Gasteiger partial charge on any atom is -0.303 e. The van der Waals surface area contributed by atoms with Gasteiger partial charge in [0, 0.05) is 6.42 Å². The minimum absolute atomic E-state index is 0.190. The number of benzene rings is 1. The van der Waals surface area contributed by atoms with Gasteiger partial charge in [0.2, 0.25) is 0 Å². The Bertz CT molecular complexity index is 414. The molecule has 0 radical (unpaired) electrons. The van der Waals surface area contributed by atoms with Crippen molar-refractivity contribution in [2.24, 2.45) is 5.92 Å². The molecule has 90 valence electrons. The molecule has 2 heteroatoms. The number of carbonyl (C=O) groups excluding carboxylic acids is 1. The molecule has 0 spiro atoms. The molecule has 0 bridgehead atoms. The SMILES string of the molecule is Cc1ccc(C(C#N)(CCC=O)C(C)C)cc1. The van der Waals surface area contributed by atoms with E-state index in [9.17, 15) is 10.1 Å². The summed E-state index contributed by atoms with van der Waals surface area (Å²) in [6.45, 7) is 6.10. The Balaban J connectivity index is 3.17. The lowest BCUT2D eigenvalue weighted by Gasteiger charge is -2.30. The molecule has 2 nitrogen and oxygen atoms in total. The lowest BCUT2D eigenvalue weighted by molar-refractivity contribution is -0.108. The van der Waals surface area contributed by atoms with E-state index in [0.717, 1.165) is 11.8 Å². The molecule has 1 aromatic carbocycles. The van der Waals surface area contributed by atoms with Gasteiger partial charge in [0.1, 0.15) is 6.29 Å². The summed E-state index contributed by atoms with van der Waals surface area (Å²) in [6, 6.07) is 10.5. The van der Waals surface area contributed by atoms with Gasteiger partial charge in [0.25, 0.3) is 0 Å². The standard InChI is InChI=1S/C15H19NO/c1-12(2)15(11-16,9-4-10-17)14-7-5-13(3)6-8-14/h5-8,10,12H,4,9H2,1-3H3. The fraction of sp³-hybridized carbons (Fsp3) is 0.467. The third-order valence-electron chi connectivity index (χ3n) is 3.41. The highest BCUT2D eigenvalue weighted by atomic mass is 16.1. The molecule has 0 saturated heterocycles. The normalized spacial score (nSPS) is 14.1. The van der Waals surface area contributed by atoms with Crippen LogP contribution in [0.25, 0.3) is 0 Å². The first kappa shape index (κ1) is 13.4. The first-order chi connectivity index (χ1) is 8.06. The number of hydrogen-bond donors (Lipinski definition) is 0. The Morgan fingerprint density at radius 1 is 1.35 bits per heavy atom. The Morgan fingerprint density at radius 2 is 1.94 bits per heavy atom. The maximum atomic E-state index is 10.6. The maximum Gasteiger partial charge on any atom is 0.120 e. The third-order valence-corrected chi connectivity index (χ3v) is 3.41. The van der Waals surface area contributed by atoms with Crippen molar-refractivity contribution in [1.29, 1.82) is 5.26 Å². The van der Waals surface area contributed by atoms with Gasteiger partial charge in [0.05, 0.1) is 11.5 Å². The summed E-state index contributed by atoms with van der Waals surface area (Å²) in [5.41, 5.74) is 1.65. The van der Waals surface area contributed by atoms with Crippen LogP contribution in [0, 0.1) is 24.2 Å². The van der Waals surface area contributed by atoms with Crippen molar-refractivity contribution in [3.05, 3.63) is 35.4 Å². The Hall–Kier alpha value is -1.62. The van der Waals surface area contributed by atoms with Gasteiger partial charge in [-0.3, -0.25) is 0 Å². The van der Waals surface area contributed by atoms with E-state index in [1.807, 2.05) is 45.0 Å². The number of carbonyl (C=O) groups is 1. The van der Waals surface area contributed by atoms with E-state index >= 15 is 0 Å². The summed E-state index contributed by atoms with van der Waals surface area (Å²) in [5.74, 6) is 0.190. The van der Waals surface area contributed by atoms with Crippen molar-refractivity contribution < 1.29 is 4.79 Å². The molecule has 1 aromatic rings. The van der Waals surface area contributed by atoms with Gasteiger partial charge in [-0.2, -0.15) is 5.26 Å². The van der Waals surface area contributed by atoms with E-state index in [1.165, 1.54) is 5.56 Å². The average Bonchev–Trinajstić information content (AvgIpc) is 2.32. The zero-order chi connectivity index (χ0) is 12.9. The number of aryl methyl sites for hydroxylation is 1. The van der Waals surface area contributed by atoms with E-state index < -0.39 is 5.41 Å². The molecule has 0 aliphatic rings. The van der Waals surface area contributed by atoms with E-state index in [-0.39, 0.29) is 5.92 Å². The highest BCUT2D eigenvalue weighted by molar-refractivity contribution is 5.50. The van der Waals surface area contributed by atoms with Gasteiger partial charge in [-0.05, 0) is 24.8 Å². The van der Waals surface area contributed by atoms with Gasteiger partial charge in [0.15, 0.2) is 0 Å². The summed E-state index contributed by atoms with van der Waals surface area (Å²) in [5, 5.41) is 9.53. The smallest absolute Gasteiger partial charge is 0.120 e. The molecule has 0 heterocycles. The predicted molar refractivity (Wildman–Crippen MR) is 68.6 cm³/mol. The molecule has 0 fully saturated rings. The zero-order valence-electron chi connectivity index (χ0n) is 10.7. The Labute approximate surface area is 103 Å². The molecule has 1 unspecified atom stereocenters. The van der Waals surface area contributed by atoms with Crippen molar-refractivity contribution in [1.82, 2.24) is 0 Å². The molecule has 0 aliphatic heterocycles. The minimum atomic E-state index is -0.547. The van der Waals surface area contributed by atoms with Crippen molar-refractivity contribution in [2.45, 2.75) is 39.0 Å². The predicted octanol–water partition coefficient (Wildman–Crippen LogP) is 3.39. The zero-order valence-corrected chi connectivity index (χ0v) is 10.7. The number of hydrogen-bond acceptors (Lipinski definition) is 2. The van der Waals surface area contributed by atoms with Gasteiger partial charge in [-0.25, -0.2) is 0 Å². The van der Waals surface area contributed by atoms with Crippen LogP contribution in [0.3, 0.4) is 0 Å². The van der Waals surface area contributed by atoms with Crippen LogP contribution in [-0.2, 0) is 10.2 Å². The van der Waals surface area contributed by atoms with Crippen LogP contribution in [0.15, 0.2) is 24.3 Å². The maximum absolute atomic E-state index is 10.6. The molecule has 0 aliphatic carbocycles. The van der Waals surface area contributed by atoms with Crippen LogP contribution in [-0.4, -0.2) is 6.29 Å². The molecular formula is C15H19NO. The summed E-state index contributed by atoms with van der Waals surface area (Å²) in [6.07, 6.45) is 1.91. The summed E-state index contributed by atoms with van der Waals surface area (Å²) in [4.78, 5) is 10.6. The van der Waals surface area contributed by atoms with Crippen LogP contribution in [0.5, 0.6) is 0 Å². The van der Waals surface area contributed by atoms with Crippen molar-refractivity contribution >= 4 is 6.29 Å². The van der Waals surface area contributed by atoms with E-state index in [0.29, 0.717) is 12.8 Å². The summed E-state index contributed by atoms with van der Waals surface area (Å²) in [7, 11) is 0. The fourth-order valence-corrected chi connectivity index (χ4v) is 2.15. The highest BCUT2D eigenvalue weighted by Crippen LogP contribution is 2.36. The number of nitrogens with zero attached hydrogens (tertiary/aromatic N) is 1. The monoisotopic (exact) mass is 229 g/mol. The van der Waals surface area contributed by atoms with Crippen molar-refractivity contribution in [3.63, 3.8) is 0 Å². The van der Waals surface area contributed by atoms with Crippen LogP contribution in [0.2, 0.25) is 0 Å². The van der Waals surface area contributed by atoms with Gasteiger partial charge in [-0.15, -0.1) is 0 Å². The molecule has 17 heavy (non-hydrogen) atoms. The van der Waals surface area contributed by atoms with Crippen LogP contribution in [0.1, 0.15) is 37.8 Å². The van der Waals surface area contributed by atoms with Crippen LogP contribution < -0.4 is 0 Å². The Kier molecular flexibility index (Phi) is 4.45. The molecule has 0 N–H and O–H groups in total. The fourth-order valence-electron chi connectivity index (χ4n) is 2.15. The van der Waals surface area contributed by atoms with Gasteiger partial charge in [-0.1, -0.05) is 43.7 Å². The van der Waals surface area contributed by atoms with E-state index in [1.54, 1.807) is 0 Å². The number of nitriles is 1. The van der Waals surface area contributed by atoms with Crippen molar-refractivity contribution in [2.75, 3.05) is 0 Å². The molecular weight excluding hydrogens is 210 g/mol. The summed E-state index contributed by atoms with van der Waals surface area (Å²) >= 11 is 0. The molecule has 0 saturated carbocycles. The van der Waals surface area contributed by atoms with Gasteiger partial charge >= 0.3 is 0 Å². The molecule has 0 amide bonds. The quantitative estimate of drug-likeness (QED) is 0.726. The third kappa shape index (κ3) is 2.74. The second-order valence-corrected chi connectivity index (χ2v) is 4.81. The second kappa shape index (κ2) is 5.63. The van der Waals surface area contributed by atoms with Gasteiger partial charge < -0.3 is 4.79 Å². The largest absolute Gasteiger partial charge is 0.303 e. The average molecular weight is 229 g/mol. The van der Waals surface area contributed by atoms with Crippen LogP contribution in [0.4, 0.5) is 0 Å². The molecule has 1 rings (SSSR count). The second-order valence-electron chi connectivity index (χ2n) is 4.81. The topological polar surface area (TPSA) is 40.9 Å². The lowest BCUT2D eigenvalue weighted by atomic mass is 9.70.